The van der Waals surface area contributed by atoms with Crippen molar-refractivity contribution in [1.29, 1.82) is 0 Å². The van der Waals surface area contributed by atoms with Gasteiger partial charge in [-0.25, -0.2) is 0 Å². The molecule has 0 radical (unpaired) electrons. The number of pyridine rings is 1. The van der Waals surface area contributed by atoms with E-state index in [2.05, 4.69) is 0 Å². The maximum absolute atomic E-state index is 12.0. The fraction of sp³-hybridized carbons (Fsp3) is 0.533. The van der Waals surface area contributed by atoms with Crippen molar-refractivity contribution in [2.45, 2.75) is 31.5 Å². The maximum atomic E-state index is 12.0. The number of esters is 1. The number of aromatic nitrogens is 1. The Kier molecular flexibility index (Phi) is 5.30. The van der Waals surface area contributed by atoms with Crippen molar-refractivity contribution in [3.63, 3.8) is 0 Å². The topological polar surface area (TPSA) is 100 Å². The van der Waals surface area contributed by atoms with Crippen LogP contribution in [0.3, 0.4) is 0 Å². The summed E-state index contributed by atoms with van der Waals surface area (Å²) in [7, 11) is 3.28. The van der Waals surface area contributed by atoms with Gasteiger partial charge in [0.05, 0.1) is 0 Å². The van der Waals surface area contributed by atoms with Crippen LogP contribution in [0.5, 0.6) is 0 Å². The van der Waals surface area contributed by atoms with Crippen molar-refractivity contribution < 1.29 is 33.8 Å². The van der Waals surface area contributed by atoms with E-state index in [0.717, 1.165) is 0 Å². The van der Waals surface area contributed by atoms with Gasteiger partial charge in [0, 0.05) is 27.1 Å². The van der Waals surface area contributed by atoms with Gasteiger partial charge >= 0.3 is 5.97 Å². The highest BCUT2D eigenvalue weighted by Gasteiger charge is 2.48. The zero-order valence-electron chi connectivity index (χ0n) is 13.2. The molecule has 8 heteroatoms. The summed E-state index contributed by atoms with van der Waals surface area (Å²) in [6.07, 6.45) is -0.941. The lowest BCUT2D eigenvalue weighted by Gasteiger charge is -2.12. The van der Waals surface area contributed by atoms with Crippen molar-refractivity contribution in [3.05, 3.63) is 30.1 Å². The first-order valence-corrected chi connectivity index (χ1v) is 7.18. The van der Waals surface area contributed by atoms with E-state index in [1.807, 2.05) is 0 Å². The highest BCUT2D eigenvalue weighted by atomic mass is 16.6. The Balaban J connectivity index is 2.17. The molecule has 1 unspecified atom stereocenters. The zero-order chi connectivity index (χ0) is 17.1. The van der Waals surface area contributed by atoms with E-state index in [-0.39, 0.29) is 12.5 Å². The monoisotopic (exact) mass is 325 g/mol. The average molecular weight is 325 g/mol. The second-order valence-electron chi connectivity index (χ2n) is 5.59. The first-order chi connectivity index (χ1) is 10.8. The summed E-state index contributed by atoms with van der Waals surface area (Å²) in [5.41, 5.74) is 0.422. The lowest BCUT2D eigenvalue weighted by atomic mass is 10.1. The molecular formula is C15H21N2O6+. The van der Waals surface area contributed by atoms with Crippen LogP contribution in [0, 0.1) is 0 Å². The molecule has 2 rings (SSSR count). The molecule has 126 valence electrons. The first kappa shape index (κ1) is 17.3. The molecule has 8 nitrogen and oxygen atoms in total. The molecule has 23 heavy (non-hydrogen) atoms. The third-order valence-electron chi connectivity index (χ3n) is 3.56. The van der Waals surface area contributed by atoms with Crippen LogP contribution in [0.4, 0.5) is 0 Å². The molecule has 0 aromatic carbocycles. The van der Waals surface area contributed by atoms with Gasteiger partial charge in [-0.15, -0.1) is 0 Å². The van der Waals surface area contributed by atoms with Gasteiger partial charge in [-0.05, 0) is 6.07 Å². The maximum Gasteiger partial charge on any atom is 0.302 e. The molecule has 1 aliphatic rings. The van der Waals surface area contributed by atoms with Crippen LogP contribution in [0.1, 0.15) is 23.5 Å². The van der Waals surface area contributed by atoms with Crippen LogP contribution in [0.25, 0.3) is 0 Å². The van der Waals surface area contributed by atoms with E-state index >= 15 is 0 Å². The average Bonchev–Trinajstić information content (AvgIpc) is 2.80. The highest BCUT2D eigenvalue weighted by molar-refractivity contribution is 5.93. The number of rotatable bonds is 4. The number of nitrogens with zero attached hydrogens (tertiary/aromatic N) is 2. The number of aliphatic hydroxyl groups is 2. The Morgan fingerprint density at radius 1 is 1.35 bits per heavy atom. The SMILES string of the molecule is CC(=O)OC[C@H]1O[C@@H]([n+]2cccc(C(=O)N(C)C)c2)C(O)[C@H]1O. The van der Waals surface area contributed by atoms with Gasteiger partial charge in [0.2, 0.25) is 0 Å². The summed E-state index contributed by atoms with van der Waals surface area (Å²) < 4.78 is 11.9. The largest absolute Gasteiger partial charge is 0.463 e. The van der Waals surface area contributed by atoms with Crippen LogP contribution in [0.2, 0.25) is 0 Å². The van der Waals surface area contributed by atoms with Crippen molar-refractivity contribution in [2.75, 3.05) is 20.7 Å². The van der Waals surface area contributed by atoms with E-state index in [0.29, 0.717) is 5.56 Å². The second kappa shape index (κ2) is 7.03. The van der Waals surface area contributed by atoms with Gasteiger partial charge in [0.25, 0.3) is 12.1 Å². The molecule has 1 saturated heterocycles. The van der Waals surface area contributed by atoms with Crippen LogP contribution in [0.15, 0.2) is 24.5 Å². The van der Waals surface area contributed by atoms with Crippen LogP contribution in [-0.4, -0.2) is 66.0 Å². The third kappa shape index (κ3) is 3.84. The molecule has 0 saturated carbocycles. The fourth-order valence-electron chi connectivity index (χ4n) is 2.35. The standard InChI is InChI=1S/C15H21N2O6/c1-9(18)22-8-11-12(19)13(20)15(23-11)17-6-4-5-10(7-17)14(21)16(2)3/h4-7,11-13,15,19-20H,8H2,1-3H3/q+1/t11-,12+,13?,15-/m1/s1. The number of aliphatic hydroxyl groups excluding tert-OH is 2. The van der Waals surface area contributed by atoms with Crippen LogP contribution >= 0.6 is 0 Å². The molecule has 1 aromatic rings. The second-order valence-corrected chi connectivity index (χ2v) is 5.59. The van der Waals surface area contributed by atoms with Gasteiger partial charge in [-0.3, -0.25) is 9.59 Å². The number of carbonyl (C=O) groups excluding carboxylic acids is 2. The number of hydrogen-bond acceptors (Lipinski definition) is 6. The lowest BCUT2D eigenvalue weighted by Crippen LogP contribution is -2.46. The van der Waals surface area contributed by atoms with Crippen molar-refractivity contribution in [3.8, 4) is 0 Å². The normalized spacial score (nSPS) is 26.8. The van der Waals surface area contributed by atoms with E-state index in [4.69, 9.17) is 9.47 Å². The van der Waals surface area contributed by atoms with Gasteiger partial charge in [0.15, 0.2) is 18.5 Å². The Morgan fingerprint density at radius 3 is 2.65 bits per heavy atom. The predicted molar refractivity (Wildman–Crippen MR) is 77.2 cm³/mol. The third-order valence-corrected chi connectivity index (χ3v) is 3.56. The van der Waals surface area contributed by atoms with Crippen molar-refractivity contribution in [1.82, 2.24) is 4.90 Å². The quantitative estimate of drug-likeness (QED) is 0.536. The zero-order valence-corrected chi connectivity index (χ0v) is 13.2. The number of amides is 1. The van der Waals surface area contributed by atoms with Crippen LogP contribution < -0.4 is 4.57 Å². The number of ether oxygens (including phenoxy) is 2. The molecule has 1 fully saturated rings. The van der Waals surface area contributed by atoms with E-state index in [1.54, 1.807) is 32.4 Å². The molecule has 1 aliphatic heterocycles. The van der Waals surface area contributed by atoms with Crippen molar-refractivity contribution >= 4 is 11.9 Å². The van der Waals surface area contributed by atoms with E-state index in [9.17, 15) is 19.8 Å². The fourth-order valence-corrected chi connectivity index (χ4v) is 2.35. The molecule has 4 atom stereocenters. The van der Waals surface area contributed by atoms with Gasteiger partial charge < -0.3 is 24.6 Å². The minimum absolute atomic E-state index is 0.152. The summed E-state index contributed by atoms with van der Waals surface area (Å²) in [6, 6.07) is 3.30. The van der Waals surface area contributed by atoms with E-state index in [1.165, 1.54) is 22.6 Å². The first-order valence-electron chi connectivity index (χ1n) is 7.18. The van der Waals surface area contributed by atoms with Gasteiger partial charge in [0.1, 0.15) is 24.4 Å². The summed E-state index contributed by atoms with van der Waals surface area (Å²) in [5.74, 6) is -0.686. The molecule has 0 bridgehead atoms. The minimum atomic E-state index is -1.20. The molecule has 0 spiro atoms. The molecular weight excluding hydrogens is 304 g/mol. The van der Waals surface area contributed by atoms with Crippen molar-refractivity contribution in [2.24, 2.45) is 0 Å². The predicted octanol–water partition coefficient (Wildman–Crippen LogP) is -1.14. The molecule has 0 aliphatic carbocycles. The van der Waals surface area contributed by atoms with Gasteiger partial charge in [-0.2, -0.15) is 4.57 Å². The van der Waals surface area contributed by atoms with E-state index < -0.39 is 30.5 Å². The molecule has 2 heterocycles. The van der Waals surface area contributed by atoms with Gasteiger partial charge in [-0.1, -0.05) is 0 Å². The highest BCUT2D eigenvalue weighted by Crippen LogP contribution is 2.25. The molecule has 2 N–H and O–H groups in total. The Morgan fingerprint density at radius 2 is 2.04 bits per heavy atom. The Hall–Kier alpha value is -2.03. The minimum Gasteiger partial charge on any atom is -0.463 e. The lowest BCUT2D eigenvalue weighted by molar-refractivity contribution is -0.765. The number of carbonyl (C=O) groups is 2. The molecule has 1 aromatic heterocycles. The smallest absolute Gasteiger partial charge is 0.302 e. The Bertz CT molecular complexity index is 591. The van der Waals surface area contributed by atoms with Crippen LogP contribution in [-0.2, 0) is 14.3 Å². The molecule has 1 amide bonds. The summed E-state index contributed by atoms with van der Waals surface area (Å²) >= 11 is 0. The summed E-state index contributed by atoms with van der Waals surface area (Å²) in [4.78, 5) is 24.3. The summed E-state index contributed by atoms with van der Waals surface area (Å²) in [6.45, 7) is 1.10. The Labute approximate surface area is 133 Å². The number of hydrogen-bond donors (Lipinski definition) is 2. The summed E-state index contributed by atoms with van der Waals surface area (Å²) in [5, 5.41) is 20.2.